The third kappa shape index (κ3) is 6.69. The van der Waals surface area contributed by atoms with Crippen molar-refractivity contribution in [2.75, 3.05) is 0 Å². The number of aromatic nitrogens is 1. The summed E-state index contributed by atoms with van der Waals surface area (Å²) < 4.78 is 18.3. The summed E-state index contributed by atoms with van der Waals surface area (Å²) in [6.45, 7) is 0.0442. The second-order valence-electron chi connectivity index (χ2n) is 8.16. The van der Waals surface area contributed by atoms with Crippen LogP contribution in [0.1, 0.15) is 16.7 Å². The van der Waals surface area contributed by atoms with Crippen molar-refractivity contribution in [3.8, 4) is 0 Å². The molecule has 4 rings (SSSR count). The van der Waals surface area contributed by atoms with Crippen molar-refractivity contribution in [2.24, 2.45) is 0 Å². The summed E-state index contributed by atoms with van der Waals surface area (Å²) in [5.41, 5.74) is 7.80. The van der Waals surface area contributed by atoms with Crippen LogP contribution >= 0.6 is 0 Å². The minimum absolute atomic E-state index is 0.0442. The van der Waals surface area contributed by atoms with Gasteiger partial charge in [0.15, 0.2) is 0 Å². The number of alkyl carbamates (subject to hydrolysis) is 1. The number of aromatic amines is 1. The highest BCUT2D eigenvalue weighted by atomic mass is 19.1. The monoisotopic (exact) mass is 488 g/mol. The van der Waals surface area contributed by atoms with E-state index in [9.17, 15) is 18.8 Å². The number of fused-ring (bicyclic) bond motifs is 1. The fraction of sp³-hybridized carbons (Fsp3) is 0.148. The van der Waals surface area contributed by atoms with Gasteiger partial charge >= 0.3 is 6.09 Å². The first-order valence-corrected chi connectivity index (χ1v) is 11.3. The van der Waals surface area contributed by atoms with E-state index in [1.54, 1.807) is 6.20 Å². The lowest BCUT2D eigenvalue weighted by Gasteiger charge is -2.18. The van der Waals surface area contributed by atoms with Crippen LogP contribution in [-0.4, -0.2) is 28.9 Å². The zero-order valence-electron chi connectivity index (χ0n) is 19.3. The second-order valence-corrected chi connectivity index (χ2v) is 8.16. The molecule has 3 amide bonds. The van der Waals surface area contributed by atoms with Crippen LogP contribution in [-0.2, 0) is 33.8 Å². The van der Waals surface area contributed by atoms with Crippen molar-refractivity contribution in [1.82, 2.24) is 21.2 Å². The fourth-order valence-electron chi connectivity index (χ4n) is 3.69. The van der Waals surface area contributed by atoms with Crippen molar-refractivity contribution >= 4 is 28.8 Å². The third-order valence-electron chi connectivity index (χ3n) is 5.52. The summed E-state index contributed by atoms with van der Waals surface area (Å²) in [5, 5.41) is 3.50. The smallest absolute Gasteiger partial charge is 0.408 e. The van der Waals surface area contributed by atoms with E-state index in [1.807, 2.05) is 54.6 Å². The van der Waals surface area contributed by atoms with Crippen molar-refractivity contribution in [3.63, 3.8) is 0 Å². The van der Waals surface area contributed by atoms with Gasteiger partial charge < -0.3 is 15.0 Å². The average molecular weight is 489 g/mol. The Morgan fingerprint density at radius 1 is 0.861 bits per heavy atom. The minimum atomic E-state index is -1.03. The number of carbonyl (C=O) groups is 3. The SMILES string of the molecule is O=C(Cc1ccc(F)cc1)NNC(=O)[C@H](Cc1c[nH]c2ccccc12)NC(=O)OCc1ccccc1. The Kier molecular flexibility index (Phi) is 7.92. The van der Waals surface area contributed by atoms with E-state index in [0.29, 0.717) is 5.56 Å². The molecule has 4 aromatic rings. The number of ether oxygens (including phenoxy) is 1. The topological polar surface area (TPSA) is 112 Å². The highest BCUT2D eigenvalue weighted by molar-refractivity contribution is 5.90. The van der Waals surface area contributed by atoms with Gasteiger partial charge in [-0.2, -0.15) is 0 Å². The van der Waals surface area contributed by atoms with Crippen molar-refractivity contribution < 1.29 is 23.5 Å². The van der Waals surface area contributed by atoms with E-state index in [1.165, 1.54) is 24.3 Å². The lowest BCUT2D eigenvalue weighted by molar-refractivity contribution is -0.129. The van der Waals surface area contributed by atoms with Crippen LogP contribution in [0.15, 0.2) is 85.1 Å². The van der Waals surface area contributed by atoms with E-state index in [0.717, 1.165) is 22.0 Å². The molecule has 0 aliphatic carbocycles. The van der Waals surface area contributed by atoms with E-state index in [-0.39, 0.29) is 19.4 Å². The molecule has 0 spiro atoms. The molecule has 0 aliphatic heterocycles. The third-order valence-corrected chi connectivity index (χ3v) is 5.52. The van der Waals surface area contributed by atoms with Crippen LogP contribution in [0.5, 0.6) is 0 Å². The number of benzene rings is 3. The number of amides is 3. The second kappa shape index (κ2) is 11.7. The first-order valence-electron chi connectivity index (χ1n) is 11.3. The molecule has 0 unspecified atom stereocenters. The number of hydrazine groups is 1. The molecule has 4 N–H and O–H groups in total. The van der Waals surface area contributed by atoms with Crippen molar-refractivity contribution in [2.45, 2.75) is 25.5 Å². The van der Waals surface area contributed by atoms with E-state index in [4.69, 9.17) is 4.74 Å². The van der Waals surface area contributed by atoms with Gasteiger partial charge in [0.25, 0.3) is 5.91 Å². The fourth-order valence-corrected chi connectivity index (χ4v) is 3.69. The summed E-state index contributed by atoms with van der Waals surface area (Å²) in [6.07, 6.45) is 1.11. The molecule has 36 heavy (non-hydrogen) atoms. The van der Waals surface area contributed by atoms with Crippen molar-refractivity contribution in [1.29, 1.82) is 0 Å². The number of para-hydroxylation sites is 1. The zero-order chi connectivity index (χ0) is 25.3. The largest absolute Gasteiger partial charge is 0.445 e. The molecule has 0 radical (unpaired) electrons. The number of rotatable bonds is 8. The maximum atomic E-state index is 13.1. The standard InChI is InChI=1S/C27H25FN4O4/c28-21-12-10-18(11-13-21)14-25(33)31-32-26(34)24(15-20-16-29-23-9-5-4-8-22(20)23)30-27(35)36-17-19-6-2-1-3-7-19/h1-13,16,24,29H,14-15,17H2,(H,30,35)(H,31,33)(H,32,34)/t24-/m0/s1. The molecule has 0 fully saturated rings. The van der Waals surface area contributed by atoms with Gasteiger partial charge in [-0.15, -0.1) is 0 Å². The predicted octanol–water partition coefficient (Wildman–Crippen LogP) is 3.53. The lowest BCUT2D eigenvalue weighted by atomic mass is 10.0. The molecule has 9 heteroatoms. The van der Waals surface area contributed by atoms with Crippen LogP contribution in [0.2, 0.25) is 0 Å². The maximum Gasteiger partial charge on any atom is 0.408 e. The molecule has 0 bridgehead atoms. The number of H-pyrrole nitrogens is 1. The number of carbonyl (C=O) groups excluding carboxylic acids is 3. The Morgan fingerprint density at radius 3 is 2.36 bits per heavy atom. The highest BCUT2D eigenvalue weighted by Crippen LogP contribution is 2.19. The summed E-state index contributed by atoms with van der Waals surface area (Å²) in [6, 6.07) is 21.2. The number of halogens is 1. The van der Waals surface area contributed by atoms with E-state index < -0.39 is 29.8 Å². The van der Waals surface area contributed by atoms with Gasteiger partial charge in [-0.05, 0) is 34.9 Å². The first kappa shape index (κ1) is 24.5. The van der Waals surface area contributed by atoms with Gasteiger partial charge in [0.1, 0.15) is 18.5 Å². The summed E-state index contributed by atoms with van der Waals surface area (Å²) in [7, 11) is 0. The quantitative estimate of drug-likeness (QED) is 0.284. The van der Waals surface area contributed by atoms with Gasteiger partial charge in [-0.25, -0.2) is 9.18 Å². The molecule has 1 aromatic heterocycles. The molecule has 3 aromatic carbocycles. The molecule has 0 saturated carbocycles. The molecule has 1 heterocycles. The van der Waals surface area contributed by atoms with E-state index >= 15 is 0 Å². The van der Waals surface area contributed by atoms with Crippen LogP contribution in [0.3, 0.4) is 0 Å². The normalized spacial score (nSPS) is 11.5. The Labute approximate surface area is 206 Å². The minimum Gasteiger partial charge on any atom is -0.445 e. The van der Waals surface area contributed by atoms with Crippen LogP contribution in [0.4, 0.5) is 9.18 Å². The maximum absolute atomic E-state index is 13.1. The molecule has 0 aliphatic rings. The van der Waals surface area contributed by atoms with Gasteiger partial charge in [0.2, 0.25) is 5.91 Å². The van der Waals surface area contributed by atoms with Crippen LogP contribution in [0.25, 0.3) is 10.9 Å². The molecule has 0 saturated heterocycles. The first-order chi connectivity index (χ1) is 17.5. The number of hydrogen-bond acceptors (Lipinski definition) is 4. The summed E-state index contributed by atoms with van der Waals surface area (Å²) >= 11 is 0. The molecular formula is C27H25FN4O4. The Morgan fingerprint density at radius 2 is 1.58 bits per heavy atom. The average Bonchev–Trinajstić information content (AvgIpc) is 3.30. The lowest BCUT2D eigenvalue weighted by Crippen LogP contribution is -2.53. The highest BCUT2D eigenvalue weighted by Gasteiger charge is 2.24. The Balaban J connectivity index is 1.40. The Hall–Kier alpha value is -4.66. The van der Waals surface area contributed by atoms with Crippen LogP contribution < -0.4 is 16.2 Å². The van der Waals surface area contributed by atoms with Crippen molar-refractivity contribution in [3.05, 3.63) is 108 Å². The van der Waals surface area contributed by atoms with Gasteiger partial charge in [0, 0.05) is 23.5 Å². The summed E-state index contributed by atoms with van der Waals surface area (Å²) in [4.78, 5) is 40.9. The van der Waals surface area contributed by atoms with Gasteiger partial charge in [-0.3, -0.25) is 20.4 Å². The molecule has 8 nitrogen and oxygen atoms in total. The molecular weight excluding hydrogens is 463 g/mol. The number of hydrogen-bond donors (Lipinski definition) is 4. The Bertz CT molecular complexity index is 1340. The van der Waals surface area contributed by atoms with Gasteiger partial charge in [-0.1, -0.05) is 60.7 Å². The predicted molar refractivity (Wildman–Crippen MR) is 132 cm³/mol. The molecule has 184 valence electrons. The van der Waals surface area contributed by atoms with Gasteiger partial charge in [0.05, 0.1) is 6.42 Å². The van der Waals surface area contributed by atoms with Crippen LogP contribution in [0, 0.1) is 5.82 Å². The summed E-state index contributed by atoms with van der Waals surface area (Å²) in [5.74, 6) is -1.52. The van der Waals surface area contributed by atoms with E-state index in [2.05, 4.69) is 21.2 Å². The zero-order valence-corrected chi connectivity index (χ0v) is 19.3. The number of nitrogens with one attached hydrogen (secondary N) is 4. The molecule has 1 atom stereocenters.